The zero-order chi connectivity index (χ0) is 15.7. The van der Waals surface area contributed by atoms with E-state index in [0.29, 0.717) is 21.1 Å². The fourth-order valence-corrected chi connectivity index (χ4v) is 3.56. The van der Waals surface area contributed by atoms with Crippen LogP contribution in [0.5, 0.6) is 0 Å². The van der Waals surface area contributed by atoms with Crippen molar-refractivity contribution in [2.24, 2.45) is 0 Å². The molecule has 0 aliphatic carbocycles. The fourth-order valence-electron chi connectivity index (χ4n) is 2.50. The van der Waals surface area contributed by atoms with Gasteiger partial charge in [-0.25, -0.2) is 9.37 Å². The lowest BCUT2D eigenvalue weighted by atomic mass is 10.2. The van der Waals surface area contributed by atoms with Crippen LogP contribution < -0.4 is 0 Å². The summed E-state index contributed by atoms with van der Waals surface area (Å²) >= 11 is 1.27. The Labute approximate surface area is 157 Å². The van der Waals surface area contributed by atoms with Crippen molar-refractivity contribution in [3.8, 4) is 10.6 Å². The number of aromatic nitrogens is 1. The zero-order valence-electron chi connectivity index (χ0n) is 13.5. The molecule has 132 valence electrons. The van der Waals surface area contributed by atoms with Crippen molar-refractivity contribution < 1.29 is 9.18 Å². The molecule has 0 radical (unpaired) electrons. The number of hydrogen-bond acceptors (Lipinski definition) is 4. The van der Waals surface area contributed by atoms with Gasteiger partial charge in [-0.2, -0.15) is 0 Å². The standard InChI is InChI=1S/C16H18FN3OS.2ClH/c1-11-14(16(21)20-9-7-19(2)8-10-20)22-15(18-11)12-5-3-4-6-13(12)17;;/h3-6H,7-10H2,1-2H3;2*1H. The number of piperazine rings is 1. The van der Waals surface area contributed by atoms with Gasteiger partial charge in [-0.05, 0) is 26.1 Å². The summed E-state index contributed by atoms with van der Waals surface area (Å²) in [5.41, 5.74) is 1.13. The topological polar surface area (TPSA) is 36.4 Å². The van der Waals surface area contributed by atoms with Gasteiger partial charge in [0.25, 0.3) is 5.91 Å². The summed E-state index contributed by atoms with van der Waals surface area (Å²) in [5, 5.41) is 0.563. The molecule has 0 saturated carbocycles. The first-order chi connectivity index (χ1) is 10.6. The van der Waals surface area contributed by atoms with Crippen molar-refractivity contribution >= 4 is 42.1 Å². The molecule has 1 aliphatic rings. The predicted molar refractivity (Wildman–Crippen MR) is 100 cm³/mol. The highest BCUT2D eigenvalue weighted by Gasteiger charge is 2.25. The van der Waals surface area contributed by atoms with Gasteiger partial charge in [-0.3, -0.25) is 4.79 Å². The third kappa shape index (κ3) is 4.25. The van der Waals surface area contributed by atoms with Crippen molar-refractivity contribution in [1.82, 2.24) is 14.8 Å². The Hall–Kier alpha value is -1.21. The Morgan fingerprint density at radius 1 is 1.17 bits per heavy atom. The highest BCUT2D eigenvalue weighted by atomic mass is 35.5. The summed E-state index contributed by atoms with van der Waals surface area (Å²) in [6, 6.07) is 6.53. The highest BCUT2D eigenvalue weighted by Crippen LogP contribution is 2.30. The lowest BCUT2D eigenvalue weighted by molar-refractivity contribution is 0.0668. The van der Waals surface area contributed by atoms with Crippen LogP contribution in [0, 0.1) is 12.7 Å². The first kappa shape index (κ1) is 20.8. The molecule has 1 fully saturated rings. The maximum absolute atomic E-state index is 13.9. The lowest BCUT2D eigenvalue weighted by Crippen LogP contribution is -2.47. The molecular weight excluding hydrogens is 372 g/mol. The number of aryl methyl sites for hydroxylation is 1. The number of carbonyl (C=O) groups excluding carboxylic acids is 1. The molecule has 0 atom stereocenters. The van der Waals surface area contributed by atoms with Gasteiger partial charge in [0.2, 0.25) is 0 Å². The van der Waals surface area contributed by atoms with E-state index in [1.807, 2.05) is 11.8 Å². The van der Waals surface area contributed by atoms with E-state index >= 15 is 0 Å². The van der Waals surface area contributed by atoms with Crippen LogP contribution in [0.15, 0.2) is 24.3 Å². The van der Waals surface area contributed by atoms with Gasteiger partial charge in [0.05, 0.1) is 5.69 Å². The number of rotatable bonds is 2. The second-order valence-corrected chi connectivity index (χ2v) is 6.51. The maximum atomic E-state index is 13.9. The van der Waals surface area contributed by atoms with E-state index in [4.69, 9.17) is 0 Å². The largest absolute Gasteiger partial charge is 0.335 e. The minimum atomic E-state index is -0.310. The Morgan fingerprint density at radius 2 is 1.79 bits per heavy atom. The van der Waals surface area contributed by atoms with E-state index in [0.717, 1.165) is 26.2 Å². The molecule has 0 bridgehead atoms. The molecule has 1 aromatic carbocycles. The molecule has 1 amide bonds. The van der Waals surface area contributed by atoms with Crippen LogP contribution in [0.2, 0.25) is 0 Å². The van der Waals surface area contributed by atoms with Gasteiger partial charge in [0.1, 0.15) is 15.7 Å². The zero-order valence-corrected chi connectivity index (χ0v) is 15.9. The van der Waals surface area contributed by atoms with Gasteiger partial charge >= 0.3 is 0 Å². The Bertz CT molecular complexity index is 702. The molecule has 3 rings (SSSR count). The van der Waals surface area contributed by atoms with Gasteiger partial charge < -0.3 is 9.80 Å². The van der Waals surface area contributed by atoms with Crippen LogP contribution in [0.25, 0.3) is 10.6 Å². The minimum absolute atomic E-state index is 0. The smallest absolute Gasteiger partial charge is 0.265 e. The Balaban J connectivity index is 0.00000144. The summed E-state index contributed by atoms with van der Waals surface area (Å²) in [6.45, 7) is 5.01. The summed E-state index contributed by atoms with van der Waals surface area (Å²) in [4.78, 5) is 21.7. The minimum Gasteiger partial charge on any atom is -0.335 e. The predicted octanol–water partition coefficient (Wildman–Crippen LogP) is 3.49. The summed E-state index contributed by atoms with van der Waals surface area (Å²) in [5.74, 6) is -0.305. The molecule has 0 unspecified atom stereocenters. The normalized spacial score (nSPS) is 14.7. The first-order valence-electron chi connectivity index (χ1n) is 7.26. The Morgan fingerprint density at radius 3 is 2.42 bits per heavy atom. The molecule has 4 nitrogen and oxygen atoms in total. The third-order valence-corrected chi connectivity index (χ3v) is 5.06. The number of hydrogen-bond donors (Lipinski definition) is 0. The molecule has 2 aromatic rings. The molecular formula is C16H20Cl2FN3OS. The van der Waals surface area contributed by atoms with Gasteiger partial charge in [0.15, 0.2) is 0 Å². The average molecular weight is 392 g/mol. The second-order valence-electron chi connectivity index (χ2n) is 5.51. The third-order valence-electron chi connectivity index (χ3n) is 3.89. The summed E-state index contributed by atoms with van der Waals surface area (Å²) in [7, 11) is 2.05. The van der Waals surface area contributed by atoms with E-state index in [1.165, 1.54) is 17.4 Å². The van der Waals surface area contributed by atoms with Crippen molar-refractivity contribution in [2.75, 3.05) is 33.2 Å². The molecule has 24 heavy (non-hydrogen) atoms. The Kier molecular flexibility index (Phi) is 7.60. The van der Waals surface area contributed by atoms with Crippen LogP contribution in [0.3, 0.4) is 0 Å². The summed E-state index contributed by atoms with van der Waals surface area (Å²) in [6.07, 6.45) is 0. The van der Waals surface area contributed by atoms with Crippen molar-refractivity contribution in [1.29, 1.82) is 0 Å². The molecule has 0 spiro atoms. The van der Waals surface area contributed by atoms with E-state index in [1.54, 1.807) is 18.2 Å². The second kappa shape index (κ2) is 8.76. The van der Waals surface area contributed by atoms with E-state index in [9.17, 15) is 9.18 Å². The number of benzene rings is 1. The van der Waals surface area contributed by atoms with E-state index < -0.39 is 0 Å². The van der Waals surface area contributed by atoms with Crippen LogP contribution >= 0.6 is 36.2 Å². The highest BCUT2D eigenvalue weighted by molar-refractivity contribution is 7.17. The molecule has 0 N–H and O–H groups in total. The van der Waals surface area contributed by atoms with E-state index in [-0.39, 0.29) is 36.5 Å². The number of amides is 1. The van der Waals surface area contributed by atoms with Gasteiger partial charge in [-0.1, -0.05) is 12.1 Å². The number of nitrogens with zero attached hydrogens (tertiary/aromatic N) is 3. The number of halogens is 3. The molecule has 8 heteroatoms. The van der Waals surface area contributed by atoms with Crippen LogP contribution in [-0.2, 0) is 0 Å². The van der Waals surface area contributed by atoms with Crippen molar-refractivity contribution in [3.05, 3.63) is 40.7 Å². The van der Waals surface area contributed by atoms with Crippen LogP contribution in [-0.4, -0.2) is 53.9 Å². The quantitative estimate of drug-likeness (QED) is 0.785. The fraction of sp³-hybridized carbons (Fsp3) is 0.375. The number of thiazole rings is 1. The molecule has 1 aliphatic heterocycles. The number of carbonyl (C=O) groups is 1. The van der Waals surface area contributed by atoms with Crippen molar-refractivity contribution in [2.45, 2.75) is 6.92 Å². The van der Waals surface area contributed by atoms with Crippen LogP contribution in [0.1, 0.15) is 15.4 Å². The van der Waals surface area contributed by atoms with Gasteiger partial charge in [-0.15, -0.1) is 36.2 Å². The lowest BCUT2D eigenvalue weighted by Gasteiger charge is -2.32. The molecule has 2 heterocycles. The first-order valence-corrected chi connectivity index (χ1v) is 8.08. The van der Waals surface area contributed by atoms with E-state index in [2.05, 4.69) is 16.9 Å². The summed E-state index contributed by atoms with van der Waals surface area (Å²) < 4.78 is 13.9. The monoisotopic (exact) mass is 391 g/mol. The number of likely N-dealkylation sites (N-methyl/N-ethyl adjacent to an activating group) is 1. The van der Waals surface area contributed by atoms with Crippen LogP contribution in [0.4, 0.5) is 4.39 Å². The SMILES string of the molecule is Cc1nc(-c2ccccc2F)sc1C(=O)N1CCN(C)CC1.Cl.Cl. The van der Waals surface area contributed by atoms with Gasteiger partial charge in [0, 0.05) is 31.7 Å². The maximum Gasteiger partial charge on any atom is 0.265 e. The molecule has 1 saturated heterocycles. The average Bonchev–Trinajstić information content (AvgIpc) is 2.89. The molecule has 1 aromatic heterocycles. The van der Waals surface area contributed by atoms with Crippen molar-refractivity contribution in [3.63, 3.8) is 0 Å².